The first-order valence-corrected chi connectivity index (χ1v) is 7.20. The van der Waals surface area contributed by atoms with Gasteiger partial charge in [-0.1, -0.05) is 30.3 Å². The van der Waals surface area contributed by atoms with Gasteiger partial charge in [-0.05, 0) is 30.5 Å². The van der Waals surface area contributed by atoms with E-state index in [-0.39, 0.29) is 5.91 Å². The average molecular weight is 299 g/mol. The molecule has 0 unspecified atom stereocenters. The topological polar surface area (TPSA) is 47.6 Å². The van der Waals surface area contributed by atoms with Crippen molar-refractivity contribution >= 4 is 11.6 Å². The van der Waals surface area contributed by atoms with Crippen LogP contribution in [0.15, 0.2) is 42.5 Å². The summed E-state index contributed by atoms with van der Waals surface area (Å²) in [4.78, 5) is 12.1. The standard InChI is InChI=1S/C18H21NO3/c1-13-11-16(21-2)17(22-3)12-15(13)19-18(20)10-9-14-7-5-4-6-8-14/h4-8,11-12H,9-10H2,1-3H3,(H,19,20). The quantitative estimate of drug-likeness (QED) is 0.887. The molecule has 1 N–H and O–H groups in total. The van der Waals surface area contributed by atoms with Crippen LogP contribution in [0.3, 0.4) is 0 Å². The number of benzene rings is 2. The monoisotopic (exact) mass is 299 g/mol. The number of aryl methyl sites for hydroxylation is 2. The highest BCUT2D eigenvalue weighted by Gasteiger charge is 2.11. The van der Waals surface area contributed by atoms with Gasteiger partial charge in [0.2, 0.25) is 5.91 Å². The maximum Gasteiger partial charge on any atom is 0.224 e. The second-order valence-electron chi connectivity index (χ2n) is 5.06. The minimum absolute atomic E-state index is 0.0147. The summed E-state index contributed by atoms with van der Waals surface area (Å²) in [6.45, 7) is 1.93. The van der Waals surface area contributed by atoms with Crippen LogP contribution < -0.4 is 14.8 Å². The van der Waals surface area contributed by atoms with Gasteiger partial charge >= 0.3 is 0 Å². The normalized spacial score (nSPS) is 10.1. The van der Waals surface area contributed by atoms with Gasteiger partial charge in [-0.15, -0.1) is 0 Å². The Kier molecular flexibility index (Phi) is 5.42. The number of ether oxygens (including phenoxy) is 2. The Bertz CT molecular complexity index is 638. The molecule has 2 rings (SSSR count). The molecule has 0 aliphatic carbocycles. The first-order chi connectivity index (χ1) is 10.6. The van der Waals surface area contributed by atoms with E-state index in [9.17, 15) is 4.79 Å². The van der Waals surface area contributed by atoms with Crippen molar-refractivity contribution in [2.45, 2.75) is 19.8 Å². The Balaban J connectivity index is 2.02. The van der Waals surface area contributed by atoms with Gasteiger partial charge in [0.1, 0.15) is 0 Å². The van der Waals surface area contributed by atoms with Crippen LogP contribution in [0.2, 0.25) is 0 Å². The number of hydrogen-bond donors (Lipinski definition) is 1. The van der Waals surface area contributed by atoms with E-state index in [0.717, 1.165) is 23.2 Å². The van der Waals surface area contributed by atoms with Crippen molar-refractivity contribution in [2.24, 2.45) is 0 Å². The first-order valence-electron chi connectivity index (χ1n) is 7.20. The number of methoxy groups -OCH3 is 2. The predicted octanol–water partition coefficient (Wildman–Crippen LogP) is 3.58. The van der Waals surface area contributed by atoms with Gasteiger partial charge in [0, 0.05) is 18.2 Å². The molecular formula is C18H21NO3. The van der Waals surface area contributed by atoms with E-state index in [0.29, 0.717) is 17.9 Å². The summed E-state index contributed by atoms with van der Waals surface area (Å²) >= 11 is 0. The molecule has 0 aromatic heterocycles. The Morgan fingerprint density at radius 1 is 1.05 bits per heavy atom. The molecule has 0 heterocycles. The van der Waals surface area contributed by atoms with Crippen molar-refractivity contribution in [1.82, 2.24) is 0 Å². The molecular weight excluding hydrogens is 278 g/mol. The Morgan fingerprint density at radius 2 is 1.68 bits per heavy atom. The van der Waals surface area contributed by atoms with Crippen molar-refractivity contribution in [1.29, 1.82) is 0 Å². The predicted molar refractivity (Wildman–Crippen MR) is 87.7 cm³/mol. The van der Waals surface area contributed by atoms with Gasteiger partial charge in [0.25, 0.3) is 0 Å². The van der Waals surface area contributed by atoms with Crippen molar-refractivity contribution in [3.63, 3.8) is 0 Å². The van der Waals surface area contributed by atoms with Crippen LogP contribution in [-0.2, 0) is 11.2 Å². The molecule has 0 aliphatic heterocycles. The maximum absolute atomic E-state index is 12.1. The van der Waals surface area contributed by atoms with E-state index in [1.807, 2.05) is 43.3 Å². The molecule has 0 aliphatic rings. The van der Waals surface area contributed by atoms with Crippen molar-refractivity contribution in [3.8, 4) is 11.5 Å². The summed E-state index contributed by atoms with van der Waals surface area (Å²) in [5.74, 6) is 1.24. The second-order valence-corrected chi connectivity index (χ2v) is 5.06. The van der Waals surface area contributed by atoms with Crippen LogP contribution in [-0.4, -0.2) is 20.1 Å². The van der Waals surface area contributed by atoms with Crippen molar-refractivity contribution in [3.05, 3.63) is 53.6 Å². The molecule has 1 amide bonds. The molecule has 0 saturated heterocycles. The van der Waals surface area contributed by atoms with E-state index in [1.54, 1.807) is 20.3 Å². The van der Waals surface area contributed by atoms with Gasteiger partial charge < -0.3 is 14.8 Å². The third-order valence-corrected chi connectivity index (χ3v) is 3.49. The van der Waals surface area contributed by atoms with Crippen LogP contribution in [0.1, 0.15) is 17.5 Å². The largest absolute Gasteiger partial charge is 0.493 e. The maximum atomic E-state index is 12.1. The minimum atomic E-state index is -0.0147. The first kappa shape index (κ1) is 15.9. The van der Waals surface area contributed by atoms with E-state index in [4.69, 9.17) is 9.47 Å². The number of nitrogens with one attached hydrogen (secondary N) is 1. The molecule has 0 atom stereocenters. The number of rotatable bonds is 6. The molecule has 0 radical (unpaired) electrons. The summed E-state index contributed by atoms with van der Waals surface area (Å²) in [7, 11) is 3.17. The van der Waals surface area contributed by atoms with Gasteiger partial charge in [0.15, 0.2) is 11.5 Å². The van der Waals surface area contributed by atoms with Gasteiger partial charge in [-0.2, -0.15) is 0 Å². The molecule has 0 saturated carbocycles. The molecule has 116 valence electrons. The summed E-state index contributed by atoms with van der Waals surface area (Å²) in [5.41, 5.74) is 2.84. The van der Waals surface area contributed by atoms with Crippen molar-refractivity contribution < 1.29 is 14.3 Å². The molecule has 0 bridgehead atoms. The zero-order valence-electron chi connectivity index (χ0n) is 13.2. The Hall–Kier alpha value is -2.49. The zero-order chi connectivity index (χ0) is 15.9. The van der Waals surface area contributed by atoms with Crippen LogP contribution in [0.5, 0.6) is 11.5 Å². The fourth-order valence-electron chi connectivity index (χ4n) is 2.23. The van der Waals surface area contributed by atoms with Crippen LogP contribution in [0.25, 0.3) is 0 Å². The lowest BCUT2D eigenvalue weighted by molar-refractivity contribution is -0.116. The lowest BCUT2D eigenvalue weighted by atomic mass is 10.1. The smallest absolute Gasteiger partial charge is 0.224 e. The van der Waals surface area contributed by atoms with E-state index < -0.39 is 0 Å². The van der Waals surface area contributed by atoms with Crippen LogP contribution >= 0.6 is 0 Å². The van der Waals surface area contributed by atoms with E-state index in [1.165, 1.54) is 0 Å². The molecule has 2 aromatic rings. The highest BCUT2D eigenvalue weighted by atomic mass is 16.5. The highest BCUT2D eigenvalue weighted by Crippen LogP contribution is 2.32. The third kappa shape index (κ3) is 4.01. The lowest BCUT2D eigenvalue weighted by Crippen LogP contribution is -2.13. The zero-order valence-corrected chi connectivity index (χ0v) is 13.2. The molecule has 4 heteroatoms. The lowest BCUT2D eigenvalue weighted by Gasteiger charge is -2.13. The minimum Gasteiger partial charge on any atom is -0.493 e. The molecule has 0 spiro atoms. The highest BCUT2D eigenvalue weighted by molar-refractivity contribution is 5.92. The summed E-state index contributed by atoms with van der Waals surface area (Å²) in [6, 6.07) is 13.6. The molecule has 22 heavy (non-hydrogen) atoms. The average Bonchev–Trinajstić information content (AvgIpc) is 2.55. The van der Waals surface area contributed by atoms with E-state index in [2.05, 4.69) is 5.32 Å². The third-order valence-electron chi connectivity index (χ3n) is 3.49. The van der Waals surface area contributed by atoms with Crippen molar-refractivity contribution in [2.75, 3.05) is 19.5 Å². The number of anilines is 1. The fraction of sp³-hybridized carbons (Fsp3) is 0.278. The molecule has 0 fully saturated rings. The number of carbonyl (C=O) groups is 1. The molecule has 4 nitrogen and oxygen atoms in total. The number of hydrogen-bond acceptors (Lipinski definition) is 3. The Labute approximate surface area is 131 Å². The van der Waals surface area contributed by atoms with Gasteiger partial charge in [-0.3, -0.25) is 4.79 Å². The van der Waals surface area contributed by atoms with Gasteiger partial charge in [0.05, 0.1) is 14.2 Å². The Morgan fingerprint density at radius 3 is 2.32 bits per heavy atom. The summed E-state index contributed by atoms with van der Waals surface area (Å²) in [6.07, 6.45) is 1.16. The summed E-state index contributed by atoms with van der Waals surface area (Å²) in [5, 5.41) is 2.93. The van der Waals surface area contributed by atoms with Crippen LogP contribution in [0.4, 0.5) is 5.69 Å². The fourth-order valence-corrected chi connectivity index (χ4v) is 2.23. The van der Waals surface area contributed by atoms with Gasteiger partial charge in [-0.25, -0.2) is 0 Å². The van der Waals surface area contributed by atoms with E-state index >= 15 is 0 Å². The van der Waals surface area contributed by atoms with Crippen LogP contribution in [0, 0.1) is 6.92 Å². The SMILES string of the molecule is COc1cc(C)c(NC(=O)CCc2ccccc2)cc1OC. The number of carbonyl (C=O) groups excluding carboxylic acids is 1. The second kappa shape index (κ2) is 7.50. The molecule has 2 aromatic carbocycles. The number of amides is 1. The summed E-state index contributed by atoms with van der Waals surface area (Å²) < 4.78 is 10.5.